The van der Waals surface area contributed by atoms with Crippen molar-refractivity contribution in [1.29, 1.82) is 0 Å². The maximum atomic E-state index is 12.4. The summed E-state index contributed by atoms with van der Waals surface area (Å²) in [7, 11) is 1.44. The first-order valence-corrected chi connectivity index (χ1v) is 8.93. The van der Waals surface area contributed by atoms with Crippen LogP contribution in [0.2, 0.25) is 4.34 Å². The molecule has 0 bridgehead atoms. The van der Waals surface area contributed by atoms with Crippen LogP contribution in [0.15, 0.2) is 43.0 Å². The number of anilines is 1. The number of nitrogens with one attached hydrogen (secondary N) is 2. The molecule has 0 radical (unpaired) electrons. The lowest BCUT2D eigenvalue weighted by molar-refractivity contribution is -0.899. The lowest BCUT2D eigenvalue weighted by atomic mass is 10.2. The monoisotopic (exact) mass is 396 g/mol. The Kier molecular flexibility index (Phi) is 7.14. The maximum absolute atomic E-state index is 12.4. The second-order valence-electron chi connectivity index (χ2n) is 5.49. The van der Waals surface area contributed by atoms with Crippen LogP contribution >= 0.6 is 22.9 Å². The smallest absolute Gasteiger partial charge is 0.279 e. The standard InChI is InChI=1S/C17H18ClN3O4S/c1-3-8-20(10-13-5-7-16(18)26-13)11-17(22)19-14-9-12(21(23)24)4-6-15(14)25-2/h3-7,9H,1,8,10-11H2,2H3,(H,19,22)/p+1. The molecule has 1 aromatic heterocycles. The maximum Gasteiger partial charge on any atom is 0.279 e. The number of quaternary nitrogens is 1. The highest BCUT2D eigenvalue weighted by atomic mass is 35.5. The van der Waals surface area contributed by atoms with E-state index in [-0.39, 0.29) is 23.8 Å². The number of amides is 1. The number of nitro benzene ring substituents is 1. The van der Waals surface area contributed by atoms with E-state index in [1.165, 1.54) is 36.6 Å². The molecular formula is C17H19ClN3O4S+. The number of non-ortho nitro benzene ring substituents is 1. The largest absolute Gasteiger partial charge is 0.495 e. The summed E-state index contributed by atoms with van der Waals surface area (Å²) in [4.78, 5) is 24.9. The lowest BCUT2D eigenvalue weighted by Crippen LogP contribution is -3.11. The van der Waals surface area contributed by atoms with Crippen LogP contribution in [0.5, 0.6) is 5.75 Å². The average molecular weight is 397 g/mol. The van der Waals surface area contributed by atoms with Gasteiger partial charge in [0.15, 0.2) is 6.54 Å². The van der Waals surface area contributed by atoms with Crippen molar-refractivity contribution in [3.05, 3.63) is 62.3 Å². The number of hydrogen-bond acceptors (Lipinski definition) is 5. The highest BCUT2D eigenvalue weighted by Gasteiger charge is 2.18. The zero-order valence-electron chi connectivity index (χ0n) is 14.2. The second kappa shape index (κ2) is 9.33. The highest BCUT2D eigenvalue weighted by molar-refractivity contribution is 7.16. The number of nitrogens with zero attached hydrogens (tertiary/aromatic N) is 1. The summed E-state index contributed by atoms with van der Waals surface area (Å²) in [5.41, 5.74) is 0.147. The van der Waals surface area contributed by atoms with Crippen molar-refractivity contribution in [3.8, 4) is 5.75 Å². The molecule has 2 rings (SSSR count). The first-order valence-electron chi connectivity index (χ1n) is 7.74. The number of hydrogen-bond donors (Lipinski definition) is 2. The van der Waals surface area contributed by atoms with Gasteiger partial charge in [-0.05, 0) is 24.3 Å². The van der Waals surface area contributed by atoms with Gasteiger partial charge in [-0.1, -0.05) is 18.2 Å². The Morgan fingerprint density at radius 3 is 2.81 bits per heavy atom. The van der Waals surface area contributed by atoms with Crippen molar-refractivity contribution < 1.29 is 19.4 Å². The number of benzene rings is 1. The van der Waals surface area contributed by atoms with Crippen LogP contribution < -0.4 is 15.0 Å². The van der Waals surface area contributed by atoms with Crippen LogP contribution in [0.1, 0.15) is 4.88 Å². The van der Waals surface area contributed by atoms with Gasteiger partial charge in [-0.15, -0.1) is 11.3 Å². The minimum absolute atomic E-state index is 0.121. The van der Waals surface area contributed by atoms with Crippen molar-refractivity contribution in [3.63, 3.8) is 0 Å². The van der Waals surface area contributed by atoms with Gasteiger partial charge in [0.25, 0.3) is 11.6 Å². The molecule has 7 nitrogen and oxygen atoms in total. The SMILES string of the molecule is C=CC[NH+](CC(=O)Nc1cc([N+](=O)[O-])ccc1OC)Cc1ccc(Cl)s1. The Morgan fingerprint density at radius 1 is 1.46 bits per heavy atom. The normalized spacial score (nSPS) is 11.6. The number of carbonyl (C=O) groups excluding carboxylic acids is 1. The van der Waals surface area contributed by atoms with Crippen LogP contribution in [-0.4, -0.2) is 31.0 Å². The Labute approximate surface area is 160 Å². The predicted octanol–water partition coefficient (Wildman–Crippen LogP) is 2.53. The second-order valence-corrected chi connectivity index (χ2v) is 7.29. The van der Waals surface area contributed by atoms with E-state index in [4.69, 9.17) is 16.3 Å². The van der Waals surface area contributed by atoms with E-state index >= 15 is 0 Å². The number of methoxy groups -OCH3 is 1. The van der Waals surface area contributed by atoms with Gasteiger partial charge in [-0.25, -0.2) is 0 Å². The predicted molar refractivity (Wildman–Crippen MR) is 102 cm³/mol. The fourth-order valence-electron chi connectivity index (χ4n) is 2.43. The number of ether oxygens (including phenoxy) is 1. The molecule has 1 aromatic carbocycles. The third kappa shape index (κ3) is 5.55. The molecule has 1 heterocycles. The molecule has 2 N–H and O–H groups in total. The summed E-state index contributed by atoms with van der Waals surface area (Å²) in [5.74, 6) is 0.0857. The van der Waals surface area contributed by atoms with Crippen LogP contribution in [0.4, 0.5) is 11.4 Å². The topological polar surface area (TPSA) is 85.9 Å². The zero-order chi connectivity index (χ0) is 19.1. The van der Waals surface area contributed by atoms with Gasteiger partial charge in [0, 0.05) is 12.1 Å². The highest BCUT2D eigenvalue weighted by Crippen LogP contribution is 2.28. The number of nitro groups is 1. The molecule has 1 atom stereocenters. The third-order valence-corrected chi connectivity index (χ3v) is 4.80. The van der Waals surface area contributed by atoms with Crippen molar-refractivity contribution in [2.75, 3.05) is 25.5 Å². The minimum atomic E-state index is -0.523. The molecule has 1 unspecified atom stereocenters. The fourth-order valence-corrected chi connectivity index (χ4v) is 3.59. The lowest BCUT2D eigenvalue weighted by Gasteiger charge is -2.17. The number of rotatable bonds is 9. The van der Waals surface area contributed by atoms with Gasteiger partial charge in [0.2, 0.25) is 0 Å². The van der Waals surface area contributed by atoms with Crippen LogP contribution in [0, 0.1) is 10.1 Å². The molecule has 9 heteroatoms. The van der Waals surface area contributed by atoms with E-state index < -0.39 is 4.92 Å². The van der Waals surface area contributed by atoms with Crippen LogP contribution in [0.25, 0.3) is 0 Å². The third-order valence-electron chi connectivity index (χ3n) is 3.56. The number of carbonyl (C=O) groups is 1. The van der Waals surface area contributed by atoms with Gasteiger partial charge in [0.05, 0.1) is 33.5 Å². The van der Waals surface area contributed by atoms with Gasteiger partial charge in [0.1, 0.15) is 12.3 Å². The fraction of sp³-hybridized carbons (Fsp3) is 0.235. The molecule has 0 aliphatic rings. The molecular weight excluding hydrogens is 378 g/mol. The Hall–Kier alpha value is -2.42. The van der Waals surface area contributed by atoms with Crippen molar-refractivity contribution >= 4 is 40.2 Å². The quantitative estimate of drug-likeness (QED) is 0.387. The molecule has 0 saturated carbocycles. The zero-order valence-corrected chi connectivity index (χ0v) is 15.7. The molecule has 138 valence electrons. The molecule has 2 aromatic rings. The molecule has 0 aliphatic carbocycles. The van der Waals surface area contributed by atoms with E-state index in [9.17, 15) is 14.9 Å². The summed E-state index contributed by atoms with van der Waals surface area (Å²) in [6.45, 7) is 5.12. The summed E-state index contributed by atoms with van der Waals surface area (Å²) >= 11 is 7.42. The molecule has 0 fully saturated rings. The summed E-state index contributed by atoms with van der Waals surface area (Å²) in [5, 5.41) is 13.6. The van der Waals surface area contributed by atoms with Crippen LogP contribution in [0.3, 0.4) is 0 Å². The van der Waals surface area contributed by atoms with E-state index in [1.54, 1.807) is 6.08 Å². The van der Waals surface area contributed by atoms with Crippen molar-refractivity contribution in [1.82, 2.24) is 0 Å². The van der Waals surface area contributed by atoms with Gasteiger partial charge in [-0.3, -0.25) is 14.9 Å². The Bertz CT molecular complexity index is 809. The average Bonchev–Trinajstić information content (AvgIpc) is 2.99. The van der Waals surface area contributed by atoms with Gasteiger partial charge < -0.3 is 15.0 Å². The first kappa shape index (κ1) is 19.9. The molecule has 0 aliphatic heterocycles. The van der Waals surface area contributed by atoms with E-state index in [0.717, 1.165) is 9.78 Å². The summed E-state index contributed by atoms with van der Waals surface area (Å²) < 4.78 is 5.86. The molecule has 1 amide bonds. The van der Waals surface area contributed by atoms with Crippen LogP contribution in [-0.2, 0) is 11.3 Å². The number of halogens is 1. The number of thiophene rings is 1. The van der Waals surface area contributed by atoms with Crippen molar-refractivity contribution in [2.45, 2.75) is 6.54 Å². The minimum Gasteiger partial charge on any atom is -0.495 e. The Balaban J connectivity index is 2.08. The summed E-state index contributed by atoms with van der Waals surface area (Å²) in [6, 6.07) is 7.81. The molecule has 0 saturated heterocycles. The van der Waals surface area contributed by atoms with E-state index in [0.29, 0.717) is 23.2 Å². The molecule has 26 heavy (non-hydrogen) atoms. The van der Waals surface area contributed by atoms with Gasteiger partial charge in [-0.2, -0.15) is 0 Å². The van der Waals surface area contributed by atoms with E-state index in [2.05, 4.69) is 11.9 Å². The summed E-state index contributed by atoms with van der Waals surface area (Å²) in [6.07, 6.45) is 1.74. The molecule has 0 spiro atoms. The van der Waals surface area contributed by atoms with Crippen molar-refractivity contribution in [2.24, 2.45) is 0 Å². The first-order chi connectivity index (χ1) is 12.4. The van der Waals surface area contributed by atoms with E-state index in [1.807, 2.05) is 12.1 Å². The Morgan fingerprint density at radius 2 is 2.23 bits per heavy atom. The van der Waals surface area contributed by atoms with Gasteiger partial charge >= 0.3 is 0 Å².